The Morgan fingerprint density at radius 2 is 1.43 bits per heavy atom. The van der Waals surface area contributed by atoms with Crippen LogP contribution in [0.25, 0.3) is 0 Å². The van der Waals surface area contributed by atoms with Gasteiger partial charge in [-0.05, 0) is 37.8 Å². The van der Waals surface area contributed by atoms with Crippen molar-refractivity contribution in [3.63, 3.8) is 0 Å². The molecule has 3 rings (SSSR count). The summed E-state index contributed by atoms with van der Waals surface area (Å²) in [4.78, 5) is 0. The van der Waals surface area contributed by atoms with Crippen LogP contribution in [0.15, 0.2) is 24.3 Å². The van der Waals surface area contributed by atoms with Gasteiger partial charge in [0.25, 0.3) is 0 Å². The minimum Gasteiger partial charge on any atom is -0.523 e. The molecule has 1 fully saturated rings. The SMILES string of the molecule is [CH]1[CH][CH][C](B2Oc3ccccc3O2)[CH]1. The highest BCUT2D eigenvalue weighted by Gasteiger charge is 2.42. The Balaban J connectivity index is 1.77. The summed E-state index contributed by atoms with van der Waals surface area (Å²) in [6.07, 6.45) is 7.95. The van der Waals surface area contributed by atoms with Crippen molar-refractivity contribution in [2.45, 2.75) is 0 Å². The van der Waals surface area contributed by atoms with Crippen molar-refractivity contribution in [2.24, 2.45) is 0 Å². The van der Waals surface area contributed by atoms with E-state index in [-0.39, 0.29) is 7.12 Å². The third kappa shape index (κ3) is 1.27. The molecular formula is C11H8BO2. The van der Waals surface area contributed by atoms with Crippen molar-refractivity contribution in [3.8, 4) is 11.5 Å². The zero-order valence-corrected chi connectivity index (χ0v) is 7.51. The maximum atomic E-state index is 5.63. The number of hydrogen-bond donors (Lipinski definition) is 0. The molecule has 1 heterocycles. The van der Waals surface area contributed by atoms with Gasteiger partial charge in [0.2, 0.25) is 0 Å². The molecule has 1 aliphatic heterocycles. The average Bonchev–Trinajstić information content (AvgIpc) is 2.86. The Bertz CT molecular complexity index is 309. The number of hydrogen-bond acceptors (Lipinski definition) is 2. The molecule has 0 spiro atoms. The first-order valence-corrected chi connectivity index (χ1v) is 4.57. The van der Waals surface area contributed by atoms with Crippen molar-refractivity contribution in [1.82, 2.24) is 0 Å². The van der Waals surface area contributed by atoms with Gasteiger partial charge in [0.1, 0.15) is 11.5 Å². The van der Waals surface area contributed by atoms with Crippen molar-refractivity contribution >= 4 is 7.12 Å². The first kappa shape index (κ1) is 8.21. The molecule has 3 heteroatoms. The number of para-hydroxylation sites is 2. The maximum absolute atomic E-state index is 5.63. The molecule has 67 valence electrons. The van der Waals surface area contributed by atoms with E-state index in [0.29, 0.717) is 0 Å². The van der Waals surface area contributed by atoms with E-state index in [4.69, 9.17) is 9.31 Å². The largest absolute Gasteiger partial charge is 0.602 e. The van der Waals surface area contributed by atoms with Crippen LogP contribution in [0.3, 0.4) is 0 Å². The second-order valence-corrected chi connectivity index (χ2v) is 3.23. The summed E-state index contributed by atoms with van der Waals surface area (Å²) in [5.41, 5.74) is 0. The molecule has 14 heavy (non-hydrogen) atoms. The summed E-state index contributed by atoms with van der Waals surface area (Å²) >= 11 is 0. The highest BCUT2D eigenvalue weighted by Crippen LogP contribution is 2.38. The summed E-state index contributed by atoms with van der Waals surface area (Å²) in [5, 5.41) is 0. The molecule has 0 aromatic heterocycles. The fraction of sp³-hybridized carbons (Fsp3) is 0. The van der Waals surface area contributed by atoms with E-state index in [1.807, 2.05) is 49.9 Å². The van der Waals surface area contributed by atoms with Crippen LogP contribution in [0.1, 0.15) is 0 Å². The molecule has 0 N–H and O–H groups in total. The van der Waals surface area contributed by atoms with Crippen LogP contribution < -0.4 is 9.31 Å². The first-order valence-electron chi connectivity index (χ1n) is 4.57. The van der Waals surface area contributed by atoms with Crippen LogP contribution in [-0.4, -0.2) is 7.12 Å². The van der Waals surface area contributed by atoms with Crippen LogP contribution in [0.5, 0.6) is 11.5 Å². The number of fused-ring (bicyclic) bond motifs is 1. The second-order valence-electron chi connectivity index (χ2n) is 3.23. The summed E-state index contributed by atoms with van der Waals surface area (Å²) in [7, 11) is -0.276. The molecule has 1 aliphatic carbocycles. The molecule has 0 saturated heterocycles. The lowest BCUT2D eigenvalue weighted by Crippen LogP contribution is -2.32. The van der Waals surface area contributed by atoms with Gasteiger partial charge in [0.15, 0.2) is 0 Å². The van der Waals surface area contributed by atoms with Crippen LogP contribution in [-0.2, 0) is 0 Å². The summed E-state index contributed by atoms with van der Waals surface area (Å²) in [6, 6.07) is 7.71. The zero-order chi connectivity index (χ0) is 9.38. The zero-order valence-electron chi connectivity index (χ0n) is 7.51. The van der Waals surface area contributed by atoms with Gasteiger partial charge in [-0.25, -0.2) is 0 Å². The van der Waals surface area contributed by atoms with Crippen LogP contribution >= 0.6 is 0 Å². The van der Waals surface area contributed by atoms with Gasteiger partial charge in [0, 0.05) is 5.82 Å². The van der Waals surface area contributed by atoms with Gasteiger partial charge in [-0.2, -0.15) is 0 Å². The smallest absolute Gasteiger partial charge is 0.523 e. The van der Waals surface area contributed by atoms with Crippen molar-refractivity contribution < 1.29 is 9.31 Å². The highest BCUT2D eigenvalue weighted by atomic mass is 16.6. The van der Waals surface area contributed by atoms with Crippen LogP contribution in [0.4, 0.5) is 0 Å². The molecule has 0 bridgehead atoms. The van der Waals surface area contributed by atoms with Crippen molar-refractivity contribution in [3.05, 3.63) is 55.8 Å². The van der Waals surface area contributed by atoms with E-state index >= 15 is 0 Å². The Labute approximate surface area is 84.4 Å². The van der Waals surface area contributed by atoms with Gasteiger partial charge in [-0.1, -0.05) is 12.1 Å². The van der Waals surface area contributed by atoms with E-state index in [9.17, 15) is 0 Å². The molecular weight excluding hydrogens is 175 g/mol. The summed E-state index contributed by atoms with van der Waals surface area (Å²) in [6.45, 7) is 0. The van der Waals surface area contributed by atoms with E-state index in [2.05, 4.69) is 0 Å². The van der Waals surface area contributed by atoms with E-state index in [1.165, 1.54) is 0 Å². The summed E-state index contributed by atoms with van der Waals surface area (Å²) < 4.78 is 11.3. The molecule has 5 radical (unpaired) electrons. The molecule has 0 unspecified atom stereocenters. The highest BCUT2D eigenvalue weighted by molar-refractivity contribution is 6.56. The van der Waals surface area contributed by atoms with E-state index < -0.39 is 0 Å². The topological polar surface area (TPSA) is 18.5 Å². The van der Waals surface area contributed by atoms with E-state index in [0.717, 1.165) is 17.3 Å². The normalized spacial score (nSPS) is 20.4. The third-order valence-electron chi connectivity index (χ3n) is 2.28. The predicted octanol–water partition coefficient (Wildman–Crippen LogP) is 1.89. The van der Waals surface area contributed by atoms with Crippen molar-refractivity contribution in [2.75, 3.05) is 0 Å². The lowest BCUT2D eigenvalue weighted by atomic mass is 9.71. The van der Waals surface area contributed by atoms with Gasteiger partial charge in [0.05, 0.1) is 0 Å². The quantitative estimate of drug-likeness (QED) is 0.619. The number of benzene rings is 1. The standard InChI is InChI=1S/C11H8BO2/c1-2-6-9(5-1)12-13-10-7-3-4-8-11(10)14-12/h1-8H. The Morgan fingerprint density at radius 1 is 0.857 bits per heavy atom. The van der Waals surface area contributed by atoms with Crippen molar-refractivity contribution in [1.29, 1.82) is 0 Å². The third-order valence-corrected chi connectivity index (χ3v) is 2.28. The first-order chi connectivity index (χ1) is 6.93. The predicted molar refractivity (Wildman–Crippen MR) is 53.9 cm³/mol. The fourth-order valence-corrected chi connectivity index (χ4v) is 1.58. The minimum atomic E-state index is -0.276. The van der Waals surface area contributed by atoms with Gasteiger partial charge in [-0.3, -0.25) is 0 Å². The molecule has 2 aliphatic rings. The maximum Gasteiger partial charge on any atom is 0.602 e. The minimum absolute atomic E-state index is 0.276. The van der Waals surface area contributed by atoms with Crippen LogP contribution in [0.2, 0.25) is 0 Å². The van der Waals surface area contributed by atoms with E-state index in [1.54, 1.807) is 0 Å². The molecule has 0 atom stereocenters. The molecule has 1 aromatic rings. The lowest BCUT2D eigenvalue weighted by Gasteiger charge is -2.09. The molecule has 1 saturated carbocycles. The Hall–Kier alpha value is -1.12. The molecule has 0 amide bonds. The van der Waals surface area contributed by atoms with Gasteiger partial charge >= 0.3 is 7.12 Å². The fourth-order valence-electron chi connectivity index (χ4n) is 1.58. The number of rotatable bonds is 1. The molecule has 2 nitrogen and oxygen atoms in total. The average molecular weight is 183 g/mol. The monoisotopic (exact) mass is 183 g/mol. The lowest BCUT2D eigenvalue weighted by molar-refractivity contribution is 0.505. The summed E-state index contributed by atoms with van der Waals surface area (Å²) in [5.74, 6) is 2.69. The molecule has 1 aromatic carbocycles. The second kappa shape index (κ2) is 3.23. The van der Waals surface area contributed by atoms with Gasteiger partial charge in [-0.15, -0.1) is 0 Å². The van der Waals surface area contributed by atoms with Gasteiger partial charge < -0.3 is 9.31 Å². The van der Waals surface area contributed by atoms with Crippen LogP contribution in [0, 0.1) is 31.5 Å². The Kier molecular flexibility index (Phi) is 1.89. The Morgan fingerprint density at radius 3 is 2.00 bits per heavy atom.